The Bertz CT molecular complexity index is 811. The zero-order chi connectivity index (χ0) is 16.1. The van der Waals surface area contributed by atoms with Crippen LogP contribution in [-0.4, -0.2) is 24.3 Å². The average molecular weight is 306 g/mol. The Morgan fingerprint density at radius 3 is 2.22 bits per heavy atom. The van der Waals surface area contributed by atoms with E-state index in [-0.39, 0.29) is 13.2 Å². The van der Waals surface area contributed by atoms with Crippen molar-refractivity contribution in [2.75, 3.05) is 13.2 Å². The van der Waals surface area contributed by atoms with Gasteiger partial charge < -0.3 is 9.84 Å². The fourth-order valence-electron chi connectivity index (χ4n) is 2.67. The van der Waals surface area contributed by atoms with Crippen molar-refractivity contribution < 1.29 is 14.6 Å². The van der Waals surface area contributed by atoms with Gasteiger partial charge >= 0.3 is 5.97 Å². The Balaban J connectivity index is 2.01. The first-order chi connectivity index (χ1) is 11.3. The summed E-state index contributed by atoms with van der Waals surface area (Å²) in [6.07, 6.45) is 3.72. The molecule has 0 heterocycles. The molecule has 0 saturated carbocycles. The van der Waals surface area contributed by atoms with Crippen molar-refractivity contribution in [2.24, 2.45) is 0 Å². The first-order valence-electron chi connectivity index (χ1n) is 7.66. The van der Waals surface area contributed by atoms with Crippen LogP contribution in [0.5, 0.6) is 0 Å². The molecule has 0 aromatic heterocycles. The van der Waals surface area contributed by atoms with Crippen molar-refractivity contribution in [3.05, 3.63) is 66.2 Å². The van der Waals surface area contributed by atoms with E-state index in [2.05, 4.69) is 30.3 Å². The van der Waals surface area contributed by atoms with E-state index in [1.54, 1.807) is 0 Å². The molecule has 0 fully saturated rings. The van der Waals surface area contributed by atoms with Crippen molar-refractivity contribution >= 4 is 33.6 Å². The Hall–Kier alpha value is -2.65. The van der Waals surface area contributed by atoms with E-state index in [1.807, 2.05) is 30.3 Å². The van der Waals surface area contributed by atoms with Gasteiger partial charge in [-0.3, -0.25) is 0 Å². The second-order valence-corrected chi connectivity index (χ2v) is 5.31. The normalized spacial score (nSPS) is 11.3. The van der Waals surface area contributed by atoms with Crippen LogP contribution in [0, 0.1) is 0 Å². The standard InChI is InChI=1S/C20H18O3/c21-12-5-13-23-20(22)11-10-19-17-8-3-1-6-15(17)14-16-7-2-4-9-18(16)19/h1-4,6-11,14,21H,5,12-13H2/b11-10-. The number of rotatable bonds is 5. The van der Waals surface area contributed by atoms with Crippen LogP contribution < -0.4 is 0 Å². The van der Waals surface area contributed by atoms with E-state index >= 15 is 0 Å². The summed E-state index contributed by atoms with van der Waals surface area (Å²) < 4.78 is 5.04. The van der Waals surface area contributed by atoms with Gasteiger partial charge in [0.25, 0.3) is 0 Å². The van der Waals surface area contributed by atoms with Crippen molar-refractivity contribution in [1.82, 2.24) is 0 Å². The molecule has 116 valence electrons. The molecular formula is C20H18O3. The van der Waals surface area contributed by atoms with Gasteiger partial charge in [0.15, 0.2) is 0 Å². The number of fused-ring (bicyclic) bond motifs is 2. The summed E-state index contributed by atoms with van der Waals surface area (Å²) in [7, 11) is 0. The van der Waals surface area contributed by atoms with Gasteiger partial charge in [0.2, 0.25) is 0 Å². The summed E-state index contributed by atoms with van der Waals surface area (Å²) in [4.78, 5) is 11.8. The van der Waals surface area contributed by atoms with Gasteiger partial charge in [0.1, 0.15) is 0 Å². The Kier molecular flexibility index (Phi) is 4.69. The number of carbonyl (C=O) groups excluding carboxylic acids is 1. The molecular weight excluding hydrogens is 288 g/mol. The van der Waals surface area contributed by atoms with Gasteiger partial charge in [-0.2, -0.15) is 0 Å². The number of aliphatic hydroxyl groups is 1. The molecule has 3 nitrogen and oxygen atoms in total. The second kappa shape index (κ2) is 7.07. The van der Waals surface area contributed by atoms with Crippen LogP contribution in [0.2, 0.25) is 0 Å². The lowest BCUT2D eigenvalue weighted by Crippen LogP contribution is -2.03. The number of ether oxygens (including phenoxy) is 1. The van der Waals surface area contributed by atoms with Crippen molar-refractivity contribution in [3.8, 4) is 0 Å². The predicted molar refractivity (Wildman–Crippen MR) is 93.1 cm³/mol. The predicted octanol–water partition coefficient (Wildman–Crippen LogP) is 3.93. The highest BCUT2D eigenvalue weighted by molar-refractivity contribution is 6.07. The van der Waals surface area contributed by atoms with Crippen LogP contribution in [0.1, 0.15) is 12.0 Å². The number of carbonyl (C=O) groups is 1. The minimum absolute atomic E-state index is 0.0188. The quantitative estimate of drug-likeness (QED) is 0.336. The Labute approximate surface area is 134 Å². The van der Waals surface area contributed by atoms with E-state index in [1.165, 1.54) is 6.08 Å². The van der Waals surface area contributed by atoms with Gasteiger partial charge in [-0.1, -0.05) is 48.5 Å². The molecule has 0 spiro atoms. The van der Waals surface area contributed by atoms with Gasteiger partial charge in [0.05, 0.1) is 6.61 Å². The van der Waals surface area contributed by atoms with E-state index < -0.39 is 5.97 Å². The minimum atomic E-state index is -0.393. The van der Waals surface area contributed by atoms with E-state index in [4.69, 9.17) is 9.84 Å². The van der Waals surface area contributed by atoms with Gasteiger partial charge in [-0.15, -0.1) is 0 Å². The lowest BCUT2D eigenvalue weighted by Gasteiger charge is -2.08. The third kappa shape index (κ3) is 3.41. The molecule has 0 unspecified atom stereocenters. The molecule has 0 saturated heterocycles. The van der Waals surface area contributed by atoms with Crippen LogP contribution in [0.25, 0.3) is 27.6 Å². The van der Waals surface area contributed by atoms with Crippen molar-refractivity contribution in [2.45, 2.75) is 6.42 Å². The summed E-state index contributed by atoms with van der Waals surface area (Å²) in [6.45, 7) is 0.251. The van der Waals surface area contributed by atoms with Crippen LogP contribution in [0.3, 0.4) is 0 Å². The molecule has 0 radical (unpaired) electrons. The number of hydrogen-bond acceptors (Lipinski definition) is 3. The number of esters is 1. The molecule has 0 bridgehead atoms. The lowest BCUT2D eigenvalue weighted by molar-refractivity contribution is -0.137. The Morgan fingerprint density at radius 2 is 1.61 bits per heavy atom. The van der Waals surface area contributed by atoms with Crippen LogP contribution in [0.4, 0.5) is 0 Å². The summed E-state index contributed by atoms with van der Waals surface area (Å²) in [6, 6.07) is 18.4. The molecule has 0 aliphatic carbocycles. The number of hydrogen-bond donors (Lipinski definition) is 1. The highest BCUT2D eigenvalue weighted by atomic mass is 16.5. The van der Waals surface area contributed by atoms with Crippen LogP contribution >= 0.6 is 0 Å². The highest BCUT2D eigenvalue weighted by Crippen LogP contribution is 2.29. The summed E-state index contributed by atoms with van der Waals surface area (Å²) in [5, 5.41) is 13.2. The maximum atomic E-state index is 11.8. The zero-order valence-electron chi connectivity index (χ0n) is 12.7. The van der Waals surface area contributed by atoms with Crippen LogP contribution in [-0.2, 0) is 9.53 Å². The third-order valence-electron chi connectivity index (χ3n) is 3.75. The fourth-order valence-corrected chi connectivity index (χ4v) is 2.67. The molecule has 3 rings (SSSR count). The molecule has 0 aliphatic rings. The largest absolute Gasteiger partial charge is 0.462 e. The first kappa shape index (κ1) is 15.3. The molecule has 0 atom stereocenters. The molecule has 3 aromatic carbocycles. The zero-order valence-corrected chi connectivity index (χ0v) is 12.7. The van der Waals surface area contributed by atoms with Gasteiger partial charge in [-0.05, 0) is 39.3 Å². The summed E-state index contributed by atoms with van der Waals surface area (Å²) >= 11 is 0. The average Bonchev–Trinajstić information content (AvgIpc) is 2.59. The summed E-state index contributed by atoms with van der Waals surface area (Å²) in [5.74, 6) is -0.393. The maximum Gasteiger partial charge on any atom is 0.330 e. The molecule has 3 heteroatoms. The molecule has 1 N–H and O–H groups in total. The highest BCUT2D eigenvalue weighted by Gasteiger charge is 2.05. The van der Waals surface area contributed by atoms with E-state index in [0.717, 1.165) is 27.1 Å². The van der Waals surface area contributed by atoms with E-state index in [9.17, 15) is 4.79 Å². The van der Waals surface area contributed by atoms with E-state index in [0.29, 0.717) is 6.42 Å². The van der Waals surface area contributed by atoms with Gasteiger partial charge in [-0.25, -0.2) is 4.79 Å². The second-order valence-electron chi connectivity index (χ2n) is 5.31. The smallest absolute Gasteiger partial charge is 0.330 e. The SMILES string of the molecule is O=C(/C=C\c1c2ccccc2cc2ccccc12)OCCCO. The van der Waals surface area contributed by atoms with Gasteiger partial charge in [0, 0.05) is 19.1 Å². The molecule has 3 aromatic rings. The minimum Gasteiger partial charge on any atom is -0.462 e. The molecule has 23 heavy (non-hydrogen) atoms. The first-order valence-corrected chi connectivity index (χ1v) is 7.66. The third-order valence-corrected chi connectivity index (χ3v) is 3.75. The number of aliphatic hydroxyl groups excluding tert-OH is 1. The topological polar surface area (TPSA) is 46.5 Å². The number of benzene rings is 3. The lowest BCUT2D eigenvalue weighted by atomic mass is 9.96. The monoisotopic (exact) mass is 306 g/mol. The van der Waals surface area contributed by atoms with Crippen molar-refractivity contribution in [1.29, 1.82) is 0 Å². The fraction of sp³-hybridized carbons (Fsp3) is 0.150. The Morgan fingerprint density at radius 1 is 1.00 bits per heavy atom. The maximum absolute atomic E-state index is 11.8. The van der Waals surface area contributed by atoms with Crippen molar-refractivity contribution in [3.63, 3.8) is 0 Å². The molecule has 0 aliphatic heterocycles. The summed E-state index contributed by atoms with van der Waals surface area (Å²) in [5.41, 5.74) is 1.01. The van der Waals surface area contributed by atoms with Crippen LogP contribution in [0.15, 0.2) is 60.7 Å². The molecule has 0 amide bonds.